The van der Waals surface area contributed by atoms with Crippen LogP contribution in [0.5, 0.6) is 5.75 Å². The number of rotatable bonds is 3. The lowest BCUT2D eigenvalue weighted by molar-refractivity contribution is 0.358. The number of methoxy groups -OCH3 is 1. The van der Waals surface area contributed by atoms with Crippen LogP contribution in [-0.4, -0.2) is 14.4 Å². The van der Waals surface area contributed by atoms with Gasteiger partial charge in [0.25, 0.3) is 0 Å². The average Bonchev–Trinajstić information content (AvgIpc) is 2.50. The Balaban J connectivity index is 2.66. The first kappa shape index (κ1) is 17.2. The molecule has 2 aromatic carbocycles. The fraction of sp³-hybridized carbons (Fsp3) is 0.143. The highest BCUT2D eigenvalue weighted by Crippen LogP contribution is 2.21. The van der Waals surface area contributed by atoms with Crippen molar-refractivity contribution in [3.8, 4) is 5.75 Å². The molecule has 23 heavy (non-hydrogen) atoms. The summed E-state index contributed by atoms with van der Waals surface area (Å²) in [5.41, 5.74) is -3.37. The number of benzene rings is 2. The Bertz CT molecular complexity index is 763. The van der Waals surface area contributed by atoms with Crippen molar-refractivity contribution < 1.29 is 35.5 Å². The van der Waals surface area contributed by atoms with Gasteiger partial charge in [0.05, 0.1) is 7.11 Å². The van der Waals surface area contributed by atoms with Gasteiger partial charge in [-0.1, -0.05) is 0 Å². The van der Waals surface area contributed by atoms with Crippen LogP contribution in [0.4, 0.5) is 30.7 Å². The van der Waals surface area contributed by atoms with Crippen LogP contribution in [0.3, 0.4) is 0 Å². The fourth-order valence-corrected chi connectivity index (χ4v) is 1.94. The highest BCUT2D eigenvalue weighted by Gasteiger charge is 2.27. The van der Waals surface area contributed by atoms with E-state index in [1.165, 1.54) is 0 Å². The Morgan fingerprint density at radius 1 is 0.739 bits per heavy atom. The van der Waals surface area contributed by atoms with Crippen LogP contribution in [0.25, 0.3) is 0 Å². The highest BCUT2D eigenvalue weighted by atomic mass is 19.2. The summed E-state index contributed by atoms with van der Waals surface area (Å²) in [7, 11) is 1.08. The molecule has 0 aliphatic carbocycles. The lowest BCUT2D eigenvalue weighted by atomic mass is 9.62. The van der Waals surface area contributed by atoms with Crippen LogP contribution in [0.2, 0.25) is 0 Å². The van der Waals surface area contributed by atoms with E-state index >= 15 is 0 Å². The van der Waals surface area contributed by atoms with Gasteiger partial charge >= 0.3 is 0 Å². The van der Waals surface area contributed by atoms with E-state index in [4.69, 9.17) is 0 Å². The number of ether oxygens (including phenoxy) is 1. The van der Waals surface area contributed by atoms with Gasteiger partial charge in [0.15, 0.2) is 40.7 Å². The van der Waals surface area contributed by atoms with Gasteiger partial charge in [0, 0.05) is 11.6 Å². The summed E-state index contributed by atoms with van der Waals surface area (Å²) in [5, 5.41) is 0. The molecule has 0 bridgehead atoms. The Hall–Kier alpha value is -2.19. The quantitative estimate of drug-likeness (QED) is 0.476. The van der Waals surface area contributed by atoms with E-state index in [0.29, 0.717) is 0 Å². The van der Waals surface area contributed by atoms with Crippen molar-refractivity contribution in [2.45, 2.75) is 6.92 Å². The Kier molecular flexibility index (Phi) is 4.58. The molecule has 0 spiro atoms. The molecule has 121 valence electrons. The zero-order chi connectivity index (χ0) is 17.5. The van der Waals surface area contributed by atoms with Crippen molar-refractivity contribution in [3.63, 3.8) is 0 Å². The van der Waals surface area contributed by atoms with E-state index in [0.717, 1.165) is 14.0 Å². The predicted molar refractivity (Wildman–Crippen MR) is 68.9 cm³/mol. The standard InChI is InChI=1S/C14H7BF7O/c1-4-9(18)11(20)8(12(21)10(4)19)15-7-5(16)3-6(17)14(23-2)13(7)22/h3H,1-2H3. The lowest BCUT2D eigenvalue weighted by Gasteiger charge is -2.12. The van der Waals surface area contributed by atoms with E-state index in [1.54, 1.807) is 0 Å². The second-order valence-electron chi connectivity index (χ2n) is 4.54. The van der Waals surface area contributed by atoms with Crippen LogP contribution in [0.15, 0.2) is 6.07 Å². The molecule has 2 rings (SSSR count). The minimum atomic E-state index is -1.83. The van der Waals surface area contributed by atoms with E-state index in [1.807, 2.05) is 0 Å². The number of hydrogen-bond donors (Lipinski definition) is 0. The molecule has 0 aliphatic heterocycles. The summed E-state index contributed by atoms with van der Waals surface area (Å²) >= 11 is 0. The summed E-state index contributed by atoms with van der Waals surface area (Å²) in [5.74, 6) is -12.6. The van der Waals surface area contributed by atoms with Crippen LogP contribution in [-0.2, 0) is 0 Å². The monoisotopic (exact) mass is 335 g/mol. The minimum absolute atomic E-state index is 0.197. The Morgan fingerprint density at radius 2 is 1.26 bits per heavy atom. The molecule has 0 unspecified atom stereocenters. The van der Waals surface area contributed by atoms with Crippen molar-refractivity contribution in [2.75, 3.05) is 7.11 Å². The molecule has 0 N–H and O–H groups in total. The summed E-state index contributed by atoms with van der Waals surface area (Å²) in [4.78, 5) is 0. The van der Waals surface area contributed by atoms with Crippen LogP contribution in [0, 0.1) is 47.6 Å². The molecule has 0 saturated heterocycles. The molecule has 0 fully saturated rings. The van der Waals surface area contributed by atoms with E-state index in [9.17, 15) is 30.7 Å². The zero-order valence-electron chi connectivity index (χ0n) is 11.7. The third-order valence-corrected chi connectivity index (χ3v) is 3.17. The first-order chi connectivity index (χ1) is 10.7. The Morgan fingerprint density at radius 3 is 1.74 bits per heavy atom. The SMILES string of the molecule is COc1c(F)cc(F)c([B]c2c(F)c(F)c(C)c(F)c2F)c1F. The molecule has 0 saturated carbocycles. The van der Waals surface area contributed by atoms with Crippen LogP contribution >= 0.6 is 0 Å². The largest absolute Gasteiger partial charge is 0.491 e. The van der Waals surface area contributed by atoms with E-state index in [2.05, 4.69) is 4.74 Å². The van der Waals surface area contributed by atoms with E-state index in [-0.39, 0.29) is 13.3 Å². The summed E-state index contributed by atoms with van der Waals surface area (Å²) < 4.78 is 99.7. The fourth-order valence-electron chi connectivity index (χ4n) is 1.94. The van der Waals surface area contributed by atoms with Crippen LogP contribution < -0.4 is 15.7 Å². The summed E-state index contributed by atoms with van der Waals surface area (Å²) in [6.45, 7) is 0.794. The van der Waals surface area contributed by atoms with Gasteiger partial charge in [-0.15, -0.1) is 0 Å². The van der Waals surface area contributed by atoms with Gasteiger partial charge in [0.1, 0.15) is 5.82 Å². The van der Waals surface area contributed by atoms with Crippen molar-refractivity contribution >= 4 is 18.2 Å². The summed E-state index contributed by atoms with van der Waals surface area (Å²) in [6, 6.07) is 0.213. The average molecular weight is 335 g/mol. The maximum absolute atomic E-state index is 14.0. The first-order valence-electron chi connectivity index (χ1n) is 6.09. The van der Waals surface area contributed by atoms with Gasteiger partial charge in [-0.05, 0) is 17.8 Å². The number of halogens is 7. The molecule has 0 aromatic heterocycles. The maximum Gasteiger partial charge on any atom is 0.207 e. The molecule has 0 heterocycles. The van der Waals surface area contributed by atoms with Crippen molar-refractivity contribution in [3.05, 3.63) is 52.4 Å². The molecule has 0 aliphatic rings. The van der Waals surface area contributed by atoms with E-state index < -0.39 is 63.0 Å². The Labute approximate surface area is 126 Å². The molecular weight excluding hydrogens is 328 g/mol. The molecule has 2 aromatic rings. The van der Waals surface area contributed by atoms with Gasteiger partial charge < -0.3 is 4.74 Å². The minimum Gasteiger partial charge on any atom is -0.491 e. The van der Waals surface area contributed by atoms with Crippen molar-refractivity contribution in [1.82, 2.24) is 0 Å². The molecule has 9 heteroatoms. The molecule has 1 radical (unpaired) electrons. The second kappa shape index (κ2) is 6.13. The smallest absolute Gasteiger partial charge is 0.207 e. The topological polar surface area (TPSA) is 9.23 Å². The van der Waals surface area contributed by atoms with Gasteiger partial charge in [-0.2, -0.15) is 0 Å². The maximum atomic E-state index is 14.0. The lowest BCUT2D eigenvalue weighted by Crippen LogP contribution is -2.38. The molecular formula is C14H7BF7O. The van der Waals surface area contributed by atoms with Crippen molar-refractivity contribution in [2.24, 2.45) is 0 Å². The molecule has 0 atom stereocenters. The molecule has 1 nitrogen and oxygen atoms in total. The highest BCUT2D eigenvalue weighted by molar-refractivity contribution is 6.67. The van der Waals surface area contributed by atoms with Gasteiger partial charge in [-0.25, -0.2) is 30.7 Å². The second-order valence-corrected chi connectivity index (χ2v) is 4.54. The normalized spacial score (nSPS) is 10.8. The molecule has 0 amide bonds. The van der Waals surface area contributed by atoms with Gasteiger partial charge in [-0.3, -0.25) is 0 Å². The number of hydrogen-bond acceptors (Lipinski definition) is 1. The predicted octanol–water partition coefficient (Wildman–Crippen LogP) is 2.63. The first-order valence-corrected chi connectivity index (χ1v) is 6.09. The third-order valence-electron chi connectivity index (χ3n) is 3.17. The zero-order valence-corrected chi connectivity index (χ0v) is 11.7. The van der Waals surface area contributed by atoms with Gasteiger partial charge in [0.2, 0.25) is 7.28 Å². The summed E-state index contributed by atoms with van der Waals surface area (Å²) in [6.07, 6.45) is 0. The van der Waals surface area contributed by atoms with Crippen molar-refractivity contribution in [1.29, 1.82) is 0 Å². The third kappa shape index (κ3) is 2.75. The van der Waals surface area contributed by atoms with Crippen LogP contribution in [0.1, 0.15) is 5.56 Å².